The molecule has 0 heterocycles. The molecule has 0 N–H and O–H groups in total. The molecule has 1 rings (SSSR count). The van der Waals surface area contributed by atoms with Gasteiger partial charge in [-0.3, -0.25) is 0 Å². The van der Waals surface area contributed by atoms with Gasteiger partial charge in [0.15, 0.2) is 0 Å². The van der Waals surface area contributed by atoms with E-state index in [1.54, 1.807) is 0 Å². The number of rotatable bonds is 20. The Bertz CT molecular complexity index is 915. The minimum Gasteiger partial charge on any atom is -0.462 e. The maximum absolute atomic E-state index is 13.5. The molecule has 0 unspecified atom stereocenters. The first kappa shape index (κ1) is 37.1. The number of carbonyl (C=O) groups excluding carboxylic acids is 4. The molecule has 0 bridgehead atoms. The van der Waals surface area contributed by atoms with Crippen molar-refractivity contribution in [1.29, 1.82) is 0 Å². The van der Waals surface area contributed by atoms with Crippen LogP contribution in [0.15, 0.2) is 12.1 Å². The van der Waals surface area contributed by atoms with E-state index in [1.165, 1.54) is 12.1 Å². The van der Waals surface area contributed by atoms with Crippen LogP contribution in [0.3, 0.4) is 0 Å². The largest absolute Gasteiger partial charge is 0.462 e. The van der Waals surface area contributed by atoms with Crippen molar-refractivity contribution in [1.82, 2.24) is 0 Å². The summed E-state index contributed by atoms with van der Waals surface area (Å²) in [6, 6.07) is 2.66. The van der Waals surface area contributed by atoms with Gasteiger partial charge in [-0.15, -0.1) is 0 Å². The van der Waals surface area contributed by atoms with E-state index in [0.29, 0.717) is 49.4 Å². The molecule has 0 radical (unpaired) electrons. The number of ether oxygens (including phenoxy) is 4. The highest BCUT2D eigenvalue weighted by molar-refractivity contribution is 6.15. The number of benzene rings is 1. The van der Waals surface area contributed by atoms with Gasteiger partial charge in [0, 0.05) is 0 Å². The molecule has 0 amide bonds. The minimum atomic E-state index is -0.878. The van der Waals surface area contributed by atoms with Crippen molar-refractivity contribution in [2.24, 2.45) is 23.7 Å². The van der Waals surface area contributed by atoms with E-state index in [4.69, 9.17) is 18.9 Å². The predicted octanol–water partition coefficient (Wildman–Crippen LogP) is 8.06. The maximum Gasteiger partial charge on any atom is 0.339 e. The van der Waals surface area contributed by atoms with Crippen LogP contribution < -0.4 is 0 Å². The molecular weight excluding hydrogens is 536 g/mol. The van der Waals surface area contributed by atoms with Gasteiger partial charge in [0.25, 0.3) is 0 Å². The van der Waals surface area contributed by atoms with E-state index in [2.05, 4.69) is 55.4 Å². The first-order chi connectivity index (χ1) is 19.8. The molecule has 8 heteroatoms. The average molecular weight is 591 g/mol. The zero-order chi connectivity index (χ0) is 31.7. The SMILES string of the molecule is CC(C)CCCOC(=O)c1ccc(C(=O)OCCCC(C)C)c(C(=O)OCCCC(C)C)c1C(=O)OCCCC(C)C. The standard InChI is InChI=1S/C34H54O8/c1-23(2)13-9-19-39-31(35)27-17-18-28(32(36)40-20-10-14-24(3)4)30(34(38)42-22-12-16-26(7)8)29(27)33(37)41-21-11-15-25(5)6/h17-18,23-26H,9-16,19-22H2,1-8H3. The summed E-state index contributed by atoms with van der Waals surface area (Å²) < 4.78 is 22.0. The highest BCUT2D eigenvalue weighted by Crippen LogP contribution is 2.25. The monoisotopic (exact) mass is 590 g/mol. The molecule has 238 valence electrons. The first-order valence-electron chi connectivity index (χ1n) is 15.7. The van der Waals surface area contributed by atoms with Crippen molar-refractivity contribution in [2.75, 3.05) is 26.4 Å². The van der Waals surface area contributed by atoms with Gasteiger partial charge in [-0.1, -0.05) is 55.4 Å². The van der Waals surface area contributed by atoms with Crippen LogP contribution in [0.25, 0.3) is 0 Å². The van der Waals surface area contributed by atoms with Crippen LogP contribution in [0.4, 0.5) is 0 Å². The quantitative estimate of drug-likeness (QED) is 0.0853. The molecule has 0 fully saturated rings. The van der Waals surface area contributed by atoms with Gasteiger partial charge in [-0.05, 0) is 87.2 Å². The Balaban J connectivity index is 3.46. The second kappa shape index (κ2) is 20.1. The van der Waals surface area contributed by atoms with Gasteiger partial charge in [0.05, 0.1) is 48.7 Å². The van der Waals surface area contributed by atoms with E-state index >= 15 is 0 Å². The number of carbonyl (C=O) groups is 4. The van der Waals surface area contributed by atoms with Crippen LogP contribution in [-0.4, -0.2) is 50.3 Å². The molecule has 42 heavy (non-hydrogen) atoms. The van der Waals surface area contributed by atoms with Crippen LogP contribution in [0.2, 0.25) is 0 Å². The summed E-state index contributed by atoms with van der Waals surface area (Å²) in [5.41, 5.74) is -0.921. The molecule has 0 spiro atoms. The highest BCUT2D eigenvalue weighted by Gasteiger charge is 2.33. The highest BCUT2D eigenvalue weighted by atomic mass is 16.5. The van der Waals surface area contributed by atoms with Crippen LogP contribution in [-0.2, 0) is 18.9 Å². The lowest BCUT2D eigenvalue weighted by Gasteiger charge is -2.17. The lowest BCUT2D eigenvalue weighted by atomic mass is 9.95. The molecule has 0 saturated carbocycles. The zero-order valence-electron chi connectivity index (χ0n) is 27.2. The lowest BCUT2D eigenvalue weighted by Crippen LogP contribution is -2.24. The van der Waals surface area contributed by atoms with E-state index in [9.17, 15) is 19.2 Å². The lowest BCUT2D eigenvalue weighted by molar-refractivity contribution is 0.0412. The predicted molar refractivity (Wildman–Crippen MR) is 164 cm³/mol. The number of hydrogen-bond acceptors (Lipinski definition) is 8. The van der Waals surface area contributed by atoms with E-state index in [1.807, 2.05) is 0 Å². The molecular formula is C34H54O8. The Morgan fingerprint density at radius 2 is 0.690 bits per heavy atom. The maximum atomic E-state index is 13.5. The third-order valence-corrected chi connectivity index (χ3v) is 6.69. The van der Waals surface area contributed by atoms with Gasteiger partial charge in [0.2, 0.25) is 0 Å². The van der Waals surface area contributed by atoms with Crippen molar-refractivity contribution < 1.29 is 38.1 Å². The van der Waals surface area contributed by atoms with Crippen molar-refractivity contribution >= 4 is 23.9 Å². The third-order valence-electron chi connectivity index (χ3n) is 6.69. The Morgan fingerprint density at radius 3 is 0.929 bits per heavy atom. The molecule has 0 aromatic heterocycles. The molecule has 1 aromatic carbocycles. The topological polar surface area (TPSA) is 105 Å². The molecule has 0 saturated heterocycles. The van der Waals surface area contributed by atoms with Crippen molar-refractivity contribution in [2.45, 2.75) is 107 Å². The summed E-state index contributed by atoms with van der Waals surface area (Å²) in [6.07, 6.45) is 5.96. The van der Waals surface area contributed by atoms with Crippen molar-refractivity contribution in [3.8, 4) is 0 Å². The normalized spacial score (nSPS) is 11.3. The number of esters is 4. The Morgan fingerprint density at radius 1 is 0.452 bits per heavy atom. The van der Waals surface area contributed by atoms with E-state index in [-0.39, 0.29) is 48.7 Å². The Kier molecular flexibility index (Phi) is 17.8. The number of hydrogen-bond donors (Lipinski definition) is 0. The van der Waals surface area contributed by atoms with Gasteiger partial charge >= 0.3 is 23.9 Å². The fourth-order valence-electron chi connectivity index (χ4n) is 4.29. The Hall–Kier alpha value is -2.90. The minimum absolute atomic E-state index is 0.104. The van der Waals surface area contributed by atoms with E-state index < -0.39 is 23.9 Å². The van der Waals surface area contributed by atoms with Crippen LogP contribution in [0, 0.1) is 23.7 Å². The fraction of sp³-hybridized carbons (Fsp3) is 0.706. The molecule has 0 aliphatic carbocycles. The summed E-state index contributed by atoms with van der Waals surface area (Å²) in [5.74, 6) is -1.55. The summed E-state index contributed by atoms with van der Waals surface area (Å²) in [6.45, 7) is 17.1. The molecule has 0 atom stereocenters. The fourth-order valence-corrected chi connectivity index (χ4v) is 4.29. The first-order valence-corrected chi connectivity index (χ1v) is 15.7. The summed E-state index contributed by atoms with van der Waals surface area (Å²) >= 11 is 0. The van der Waals surface area contributed by atoms with Crippen molar-refractivity contribution in [3.63, 3.8) is 0 Å². The molecule has 8 nitrogen and oxygen atoms in total. The van der Waals surface area contributed by atoms with E-state index in [0.717, 1.165) is 25.7 Å². The van der Waals surface area contributed by atoms with Gasteiger partial charge < -0.3 is 18.9 Å². The summed E-state index contributed by atoms with van der Waals surface area (Å²) in [4.78, 5) is 53.4. The smallest absolute Gasteiger partial charge is 0.339 e. The summed E-state index contributed by atoms with van der Waals surface area (Å²) in [5, 5.41) is 0. The van der Waals surface area contributed by atoms with Crippen LogP contribution >= 0.6 is 0 Å². The van der Waals surface area contributed by atoms with Crippen molar-refractivity contribution in [3.05, 3.63) is 34.4 Å². The summed E-state index contributed by atoms with van der Waals surface area (Å²) in [7, 11) is 0. The molecule has 1 aromatic rings. The Labute approximate surface area is 253 Å². The second-order valence-corrected chi connectivity index (χ2v) is 12.6. The average Bonchev–Trinajstić information content (AvgIpc) is 2.92. The second-order valence-electron chi connectivity index (χ2n) is 12.6. The molecule has 0 aliphatic rings. The van der Waals surface area contributed by atoms with Crippen LogP contribution in [0.1, 0.15) is 148 Å². The zero-order valence-corrected chi connectivity index (χ0v) is 27.2. The van der Waals surface area contributed by atoms with Gasteiger partial charge in [-0.2, -0.15) is 0 Å². The third kappa shape index (κ3) is 14.3. The van der Waals surface area contributed by atoms with Crippen LogP contribution in [0.5, 0.6) is 0 Å². The molecule has 0 aliphatic heterocycles. The van der Waals surface area contributed by atoms with Gasteiger partial charge in [0.1, 0.15) is 0 Å². The van der Waals surface area contributed by atoms with Gasteiger partial charge in [-0.25, -0.2) is 19.2 Å².